The van der Waals surface area contributed by atoms with Gasteiger partial charge in [-0.1, -0.05) is 19.4 Å². The predicted octanol–water partition coefficient (Wildman–Crippen LogP) is 2.64. The van der Waals surface area contributed by atoms with Gasteiger partial charge in [0.1, 0.15) is 6.04 Å². The molecule has 1 aliphatic heterocycles. The number of anilines is 2. The number of benzene rings is 1. The van der Waals surface area contributed by atoms with Gasteiger partial charge in [0.05, 0.1) is 0 Å². The Morgan fingerprint density at radius 3 is 2.70 bits per heavy atom. The quantitative estimate of drug-likeness (QED) is 0.687. The van der Waals surface area contributed by atoms with Crippen LogP contribution in [0.1, 0.15) is 51.9 Å². The minimum Gasteiger partial charge on any atom is -0.371 e. The van der Waals surface area contributed by atoms with Crippen LogP contribution in [0.3, 0.4) is 0 Å². The number of nitrogens with one attached hydrogen (secondary N) is 2. The van der Waals surface area contributed by atoms with Gasteiger partial charge in [-0.15, -0.1) is 0 Å². The summed E-state index contributed by atoms with van der Waals surface area (Å²) in [6.07, 6.45) is 6.29. The van der Waals surface area contributed by atoms with Gasteiger partial charge in [0.15, 0.2) is 0 Å². The molecule has 6 nitrogen and oxygen atoms in total. The van der Waals surface area contributed by atoms with Crippen molar-refractivity contribution in [3.8, 4) is 0 Å². The van der Waals surface area contributed by atoms with E-state index in [0.717, 1.165) is 43.7 Å². The van der Waals surface area contributed by atoms with Crippen LogP contribution in [-0.4, -0.2) is 37.0 Å². The fraction of sp³-hybridized carbons (Fsp3) is 0.619. The molecular formula is C21H32N4O2. The molecule has 2 amide bonds. The molecule has 1 aromatic rings. The van der Waals surface area contributed by atoms with Crippen molar-refractivity contribution in [2.75, 3.05) is 23.3 Å². The molecule has 0 spiro atoms. The van der Waals surface area contributed by atoms with Gasteiger partial charge in [-0.2, -0.15) is 0 Å². The topological polar surface area (TPSA) is 87.5 Å². The molecule has 4 N–H and O–H groups in total. The number of nitrogens with zero attached hydrogens (tertiary/aromatic N) is 1. The molecular weight excluding hydrogens is 340 g/mol. The second kappa shape index (κ2) is 9.22. The fourth-order valence-corrected chi connectivity index (χ4v) is 4.09. The first-order valence-electron chi connectivity index (χ1n) is 10.3. The van der Waals surface area contributed by atoms with Crippen molar-refractivity contribution in [1.82, 2.24) is 5.32 Å². The SMILES string of the molecule is CCCC(NC(=O)C1CCC(N)C1)C(=O)Nc1cccc(N2CCCC2)c1. The Bertz CT molecular complexity index is 657. The number of rotatable bonds is 7. The van der Waals surface area contributed by atoms with E-state index in [4.69, 9.17) is 5.73 Å². The lowest BCUT2D eigenvalue weighted by molar-refractivity contribution is -0.129. The number of hydrogen-bond donors (Lipinski definition) is 3. The average molecular weight is 373 g/mol. The van der Waals surface area contributed by atoms with Crippen LogP contribution in [0.15, 0.2) is 24.3 Å². The predicted molar refractivity (Wildman–Crippen MR) is 109 cm³/mol. The maximum absolute atomic E-state index is 12.8. The van der Waals surface area contributed by atoms with Gasteiger partial charge in [-0.05, 0) is 56.7 Å². The van der Waals surface area contributed by atoms with Crippen molar-refractivity contribution in [3.63, 3.8) is 0 Å². The van der Waals surface area contributed by atoms with Gasteiger partial charge in [-0.25, -0.2) is 0 Å². The van der Waals surface area contributed by atoms with Gasteiger partial charge in [0.2, 0.25) is 11.8 Å². The van der Waals surface area contributed by atoms with Crippen LogP contribution in [0.4, 0.5) is 11.4 Å². The minimum atomic E-state index is -0.505. The molecule has 148 valence electrons. The monoisotopic (exact) mass is 372 g/mol. The smallest absolute Gasteiger partial charge is 0.246 e. The molecule has 1 aliphatic carbocycles. The van der Waals surface area contributed by atoms with E-state index in [-0.39, 0.29) is 23.8 Å². The third kappa shape index (κ3) is 5.22. The van der Waals surface area contributed by atoms with E-state index in [0.29, 0.717) is 12.8 Å². The molecule has 2 aliphatic rings. The van der Waals surface area contributed by atoms with Crippen LogP contribution in [0.2, 0.25) is 0 Å². The summed E-state index contributed by atoms with van der Waals surface area (Å²) in [5, 5.41) is 5.94. The van der Waals surface area contributed by atoms with Crippen LogP contribution < -0.4 is 21.3 Å². The molecule has 0 aromatic heterocycles. The number of carbonyl (C=O) groups is 2. The zero-order valence-electron chi connectivity index (χ0n) is 16.2. The van der Waals surface area contributed by atoms with E-state index >= 15 is 0 Å². The molecule has 1 saturated carbocycles. The van der Waals surface area contributed by atoms with Gasteiger partial charge < -0.3 is 21.3 Å². The Morgan fingerprint density at radius 1 is 1.26 bits per heavy atom. The first-order chi connectivity index (χ1) is 13.1. The first-order valence-corrected chi connectivity index (χ1v) is 10.3. The number of amides is 2. The highest BCUT2D eigenvalue weighted by Gasteiger charge is 2.30. The van der Waals surface area contributed by atoms with Gasteiger partial charge in [0, 0.05) is 36.4 Å². The van der Waals surface area contributed by atoms with E-state index in [1.807, 2.05) is 25.1 Å². The lowest BCUT2D eigenvalue weighted by Crippen LogP contribution is -2.45. The molecule has 3 atom stereocenters. The van der Waals surface area contributed by atoms with E-state index in [1.165, 1.54) is 12.8 Å². The van der Waals surface area contributed by atoms with Crippen molar-refractivity contribution >= 4 is 23.2 Å². The summed E-state index contributed by atoms with van der Waals surface area (Å²) in [7, 11) is 0. The summed E-state index contributed by atoms with van der Waals surface area (Å²) >= 11 is 0. The third-order valence-electron chi connectivity index (χ3n) is 5.64. The number of carbonyl (C=O) groups excluding carboxylic acids is 2. The second-order valence-corrected chi connectivity index (χ2v) is 7.85. The van der Waals surface area contributed by atoms with Crippen molar-refractivity contribution in [1.29, 1.82) is 0 Å². The van der Waals surface area contributed by atoms with Crippen molar-refractivity contribution < 1.29 is 9.59 Å². The number of nitrogens with two attached hydrogens (primary N) is 1. The lowest BCUT2D eigenvalue weighted by Gasteiger charge is -2.21. The minimum absolute atomic E-state index is 0.0395. The molecule has 27 heavy (non-hydrogen) atoms. The highest BCUT2D eigenvalue weighted by atomic mass is 16.2. The Balaban J connectivity index is 1.61. The standard InChI is InChI=1S/C21H32N4O2/c1-2-6-19(24-20(26)15-9-10-16(22)13-15)21(27)23-17-7-5-8-18(14-17)25-11-3-4-12-25/h5,7-8,14-16,19H,2-4,6,9-13,22H2,1H3,(H,23,27)(H,24,26). The van der Waals surface area contributed by atoms with E-state index < -0.39 is 6.04 Å². The highest BCUT2D eigenvalue weighted by molar-refractivity contribution is 5.97. The summed E-state index contributed by atoms with van der Waals surface area (Å²) < 4.78 is 0. The Morgan fingerprint density at radius 2 is 2.04 bits per heavy atom. The molecule has 0 bridgehead atoms. The fourth-order valence-electron chi connectivity index (χ4n) is 4.09. The zero-order valence-corrected chi connectivity index (χ0v) is 16.2. The van der Waals surface area contributed by atoms with Crippen LogP contribution >= 0.6 is 0 Å². The summed E-state index contributed by atoms with van der Waals surface area (Å²) in [5.41, 5.74) is 7.84. The molecule has 1 saturated heterocycles. The normalized spacial score (nSPS) is 23.3. The molecule has 2 fully saturated rings. The van der Waals surface area contributed by atoms with E-state index in [9.17, 15) is 9.59 Å². The van der Waals surface area contributed by atoms with Gasteiger partial charge in [-0.3, -0.25) is 9.59 Å². The third-order valence-corrected chi connectivity index (χ3v) is 5.64. The largest absolute Gasteiger partial charge is 0.371 e. The van der Waals surface area contributed by atoms with Crippen LogP contribution in [0.25, 0.3) is 0 Å². The summed E-state index contributed by atoms with van der Waals surface area (Å²) in [6.45, 7) is 4.15. The molecule has 0 radical (unpaired) electrons. The van der Waals surface area contributed by atoms with Gasteiger partial charge in [0.25, 0.3) is 0 Å². The maximum atomic E-state index is 12.8. The molecule has 1 aromatic carbocycles. The average Bonchev–Trinajstić information content (AvgIpc) is 3.33. The maximum Gasteiger partial charge on any atom is 0.246 e. The Kier molecular flexibility index (Phi) is 6.72. The molecule has 6 heteroatoms. The highest BCUT2D eigenvalue weighted by Crippen LogP contribution is 2.25. The van der Waals surface area contributed by atoms with Gasteiger partial charge >= 0.3 is 0 Å². The number of hydrogen-bond acceptors (Lipinski definition) is 4. The molecule has 3 rings (SSSR count). The Hall–Kier alpha value is -2.08. The van der Waals surface area contributed by atoms with Crippen molar-refractivity contribution in [2.45, 2.75) is 64.0 Å². The summed E-state index contributed by atoms with van der Waals surface area (Å²) in [5.74, 6) is -0.251. The second-order valence-electron chi connectivity index (χ2n) is 7.85. The Labute approximate surface area is 161 Å². The summed E-state index contributed by atoms with van der Waals surface area (Å²) in [4.78, 5) is 27.6. The van der Waals surface area contributed by atoms with E-state index in [1.54, 1.807) is 0 Å². The summed E-state index contributed by atoms with van der Waals surface area (Å²) in [6, 6.07) is 7.57. The molecule has 3 unspecified atom stereocenters. The first kappa shape index (κ1) is 19.7. The zero-order chi connectivity index (χ0) is 19.2. The van der Waals surface area contributed by atoms with Crippen molar-refractivity contribution in [2.24, 2.45) is 11.7 Å². The van der Waals surface area contributed by atoms with Crippen LogP contribution in [0.5, 0.6) is 0 Å². The molecule has 1 heterocycles. The van der Waals surface area contributed by atoms with Crippen LogP contribution in [-0.2, 0) is 9.59 Å². The lowest BCUT2D eigenvalue weighted by atomic mass is 10.0. The van der Waals surface area contributed by atoms with Crippen LogP contribution in [0, 0.1) is 5.92 Å². The van der Waals surface area contributed by atoms with E-state index in [2.05, 4.69) is 21.6 Å². The van der Waals surface area contributed by atoms with Crippen molar-refractivity contribution in [3.05, 3.63) is 24.3 Å².